The average molecular weight is 503 g/mol. The molecule has 20 heavy (non-hydrogen) atoms. The topological polar surface area (TPSA) is 12.0 Å². The monoisotopic (exact) mass is 503 g/mol. The molecule has 1 aliphatic rings. The lowest BCUT2D eigenvalue weighted by atomic mass is 10.0. The van der Waals surface area contributed by atoms with Gasteiger partial charge in [0.25, 0.3) is 0 Å². The van der Waals surface area contributed by atoms with Crippen molar-refractivity contribution in [3.63, 3.8) is 0 Å². The second kappa shape index (κ2) is 8.26. The van der Waals surface area contributed by atoms with E-state index in [1.807, 2.05) is 0 Å². The fourth-order valence-electron chi connectivity index (χ4n) is 2.71. The maximum atomic E-state index is 3.73. The summed E-state index contributed by atoms with van der Waals surface area (Å²) in [5.41, 5.74) is 6.69. The van der Waals surface area contributed by atoms with Gasteiger partial charge < -0.3 is 52.4 Å². The normalized spacial score (nSPS) is 21.4. The molecule has 1 aromatic carbocycles. The van der Waals surface area contributed by atoms with Gasteiger partial charge in [0.1, 0.15) is 6.54 Å². The van der Waals surface area contributed by atoms with Crippen LogP contribution in [0.1, 0.15) is 12.0 Å². The molecule has 5 heteroatoms. The Morgan fingerprint density at radius 3 is 2.45 bits per heavy atom. The highest BCUT2D eigenvalue weighted by atomic mass is 127. The Balaban J connectivity index is 0.00000180. The van der Waals surface area contributed by atoms with Crippen LogP contribution in [0.25, 0.3) is 0 Å². The fraction of sp³-hybridized carbons (Fsp3) is 0.600. The molecule has 1 unspecified atom stereocenters. The third kappa shape index (κ3) is 5.40. The fourth-order valence-corrected chi connectivity index (χ4v) is 2.71. The Morgan fingerprint density at radius 1 is 1.15 bits per heavy atom. The van der Waals surface area contributed by atoms with Crippen molar-refractivity contribution < 1.29 is 52.4 Å². The summed E-state index contributed by atoms with van der Waals surface area (Å²) in [4.78, 5) is 0. The van der Waals surface area contributed by atoms with Gasteiger partial charge in [0.2, 0.25) is 0 Å². The number of nitrogens with zero attached hydrogens (tertiary/aromatic N) is 2. The summed E-state index contributed by atoms with van der Waals surface area (Å²) in [6.45, 7) is 3.39. The third-order valence-electron chi connectivity index (χ3n) is 3.82. The van der Waals surface area contributed by atoms with Crippen molar-refractivity contribution in [2.24, 2.45) is 0 Å². The summed E-state index contributed by atoms with van der Waals surface area (Å²) in [6.07, 6.45) is 2.49. The van der Waals surface area contributed by atoms with E-state index < -0.39 is 0 Å². The van der Waals surface area contributed by atoms with E-state index in [0.717, 1.165) is 22.2 Å². The SMILES string of the molecule is C[N+](C)(C)CCN[N+]1(C)CCCc2ccccc21.[I-].[I-]. The highest BCUT2D eigenvalue weighted by molar-refractivity contribution is 5.51. The molecule has 0 radical (unpaired) electrons. The molecule has 0 amide bonds. The lowest BCUT2D eigenvalue weighted by molar-refractivity contribution is -0.869. The Bertz CT molecular complexity index is 418. The number of aryl methyl sites for hydroxylation is 1. The van der Waals surface area contributed by atoms with Gasteiger partial charge in [0, 0.05) is 18.1 Å². The molecule has 1 aliphatic heterocycles. The lowest BCUT2D eigenvalue weighted by Gasteiger charge is -2.38. The minimum atomic E-state index is 0. The highest BCUT2D eigenvalue weighted by Crippen LogP contribution is 2.29. The predicted molar refractivity (Wildman–Crippen MR) is 78.3 cm³/mol. The van der Waals surface area contributed by atoms with Gasteiger partial charge in [-0.1, -0.05) is 18.2 Å². The molecular formula is C15H27I2N3. The van der Waals surface area contributed by atoms with E-state index in [4.69, 9.17) is 0 Å². The van der Waals surface area contributed by atoms with Gasteiger partial charge in [-0.05, 0) is 6.42 Å². The zero-order chi connectivity index (χ0) is 13.2. The van der Waals surface area contributed by atoms with Crippen molar-refractivity contribution in [2.45, 2.75) is 12.8 Å². The zero-order valence-electron chi connectivity index (χ0n) is 13.0. The van der Waals surface area contributed by atoms with Gasteiger partial charge in [-0.25, -0.2) is 4.59 Å². The Kier molecular flexibility index (Phi) is 8.49. The molecule has 0 saturated heterocycles. The van der Waals surface area contributed by atoms with E-state index >= 15 is 0 Å². The van der Waals surface area contributed by atoms with Crippen LogP contribution in [-0.2, 0) is 6.42 Å². The third-order valence-corrected chi connectivity index (χ3v) is 3.82. The number of likely N-dealkylation sites (N-methyl/N-ethyl adjacent to an activating group) is 1. The van der Waals surface area contributed by atoms with Gasteiger partial charge in [0.15, 0.2) is 5.69 Å². The van der Waals surface area contributed by atoms with Crippen molar-refractivity contribution in [1.82, 2.24) is 10.0 Å². The molecule has 3 nitrogen and oxygen atoms in total. The van der Waals surface area contributed by atoms with Crippen LogP contribution in [0.4, 0.5) is 5.69 Å². The number of rotatable bonds is 4. The number of nitrogens with one attached hydrogen (secondary N) is 1. The van der Waals surface area contributed by atoms with E-state index in [9.17, 15) is 0 Å². The minimum absolute atomic E-state index is 0. The van der Waals surface area contributed by atoms with Crippen LogP contribution in [-0.4, -0.2) is 52.3 Å². The van der Waals surface area contributed by atoms with Crippen LogP contribution < -0.4 is 58.0 Å². The van der Waals surface area contributed by atoms with Crippen molar-refractivity contribution in [2.75, 3.05) is 47.8 Å². The van der Waals surface area contributed by atoms with Crippen molar-refractivity contribution in [3.05, 3.63) is 29.8 Å². The van der Waals surface area contributed by atoms with Crippen LogP contribution in [0.2, 0.25) is 0 Å². The summed E-state index contributed by atoms with van der Waals surface area (Å²) in [5.74, 6) is 0. The minimum Gasteiger partial charge on any atom is -1.00 e. The van der Waals surface area contributed by atoms with Crippen LogP contribution in [0.3, 0.4) is 0 Å². The van der Waals surface area contributed by atoms with Gasteiger partial charge in [-0.2, -0.15) is 5.43 Å². The summed E-state index contributed by atoms with van der Waals surface area (Å²) in [7, 11) is 9.02. The number of halogens is 2. The number of para-hydroxylation sites is 1. The Morgan fingerprint density at radius 2 is 1.80 bits per heavy atom. The Labute approximate surface area is 157 Å². The van der Waals surface area contributed by atoms with Crippen LogP contribution in [0, 0.1) is 0 Å². The van der Waals surface area contributed by atoms with E-state index in [1.165, 1.54) is 30.6 Å². The first-order valence-corrected chi connectivity index (χ1v) is 6.90. The van der Waals surface area contributed by atoms with Gasteiger partial charge in [0.05, 0.1) is 41.3 Å². The molecule has 0 bridgehead atoms. The molecule has 1 heterocycles. The molecule has 1 aromatic rings. The smallest absolute Gasteiger partial charge is 0.155 e. The maximum Gasteiger partial charge on any atom is 0.155 e. The molecule has 0 saturated carbocycles. The number of benzene rings is 1. The number of hydrogen-bond donors (Lipinski definition) is 1. The molecule has 1 atom stereocenters. The van der Waals surface area contributed by atoms with Crippen molar-refractivity contribution >= 4 is 5.69 Å². The summed E-state index contributed by atoms with van der Waals surface area (Å²) < 4.78 is 1.89. The standard InChI is InChI=1S/C15H27N3.2HI/c1-17(2,3)13-11-16-18(4)12-7-9-14-8-5-6-10-15(14)18;;/h5-6,8,10,16H,7,9,11-13H2,1-4H3;2*1H/q+2;;/p-2. The van der Waals surface area contributed by atoms with E-state index in [0.29, 0.717) is 0 Å². The molecule has 116 valence electrons. The van der Waals surface area contributed by atoms with Gasteiger partial charge >= 0.3 is 0 Å². The maximum absolute atomic E-state index is 3.73. The van der Waals surface area contributed by atoms with E-state index in [1.54, 1.807) is 0 Å². The molecule has 1 N–H and O–H groups in total. The highest BCUT2D eigenvalue weighted by Gasteiger charge is 2.31. The predicted octanol–water partition coefficient (Wildman–Crippen LogP) is -4.21. The molecule has 0 spiro atoms. The second-order valence-electron chi connectivity index (χ2n) is 6.57. The molecule has 0 aliphatic carbocycles. The average Bonchev–Trinajstić information content (AvgIpc) is 2.28. The number of fused-ring (bicyclic) bond motifs is 1. The molecule has 0 fully saturated rings. The summed E-state index contributed by atoms with van der Waals surface area (Å²) >= 11 is 0. The molecule has 2 rings (SSSR count). The van der Waals surface area contributed by atoms with Crippen LogP contribution in [0.15, 0.2) is 24.3 Å². The zero-order valence-corrected chi connectivity index (χ0v) is 17.3. The van der Waals surface area contributed by atoms with Crippen molar-refractivity contribution in [3.8, 4) is 0 Å². The van der Waals surface area contributed by atoms with E-state index in [2.05, 4.69) is 57.9 Å². The van der Waals surface area contributed by atoms with Gasteiger partial charge in [-0.15, -0.1) is 0 Å². The molecular weight excluding hydrogens is 476 g/mol. The first-order valence-electron chi connectivity index (χ1n) is 6.90. The Hall–Kier alpha value is 0.560. The van der Waals surface area contributed by atoms with Gasteiger partial charge in [-0.3, -0.25) is 0 Å². The summed E-state index contributed by atoms with van der Waals surface area (Å²) in [6, 6.07) is 8.85. The van der Waals surface area contributed by atoms with Crippen LogP contribution in [0.5, 0.6) is 0 Å². The first-order chi connectivity index (χ1) is 8.41. The lowest BCUT2D eigenvalue weighted by Crippen LogP contribution is -3.00. The summed E-state index contributed by atoms with van der Waals surface area (Å²) in [5, 5.41) is 0. The first kappa shape index (κ1) is 20.6. The van der Waals surface area contributed by atoms with E-state index in [-0.39, 0.29) is 48.0 Å². The number of hydrogen-bond acceptors (Lipinski definition) is 1. The van der Waals surface area contributed by atoms with Crippen LogP contribution >= 0.6 is 0 Å². The second-order valence-corrected chi connectivity index (χ2v) is 6.57. The quantitative estimate of drug-likeness (QED) is 0.325. The number of quaternary nitrogens is 2. The largest absolute Gasteiger partial charge is 1.00 e. The molecule has 0 aromatic heterocycles. The van der Waals surface area contributed by atoms with Crippen molar-refractivity contribution in [1.29, 1.82) is 0 Å².